The zero-order chi connectivity index (χ0) is 12.1. The van der Waals surface area contributed by atoms with Crippen LogP contribution in [0.25, 0.3) is 0 Å². The summed E-state index contributed by atoms with van der Waals surface area (Å²) in [6.07, 6.45) is -0.902. The van der Waals surface area contributed by atoms with Gasteiger partial charge in [-0.25, -0.2) is 4.39 Å². The Labute approximate surface area is 92.4 Å². The fourth-order valence-electron chi connectivity index (χ4n) is 1.11. The summed E-state index contributed by atoms with van der Waals surface area (Å²) in [5.41, 5.74) is 0.323. The van der Waals surface area contributed by atoms with E-state index in [4.69, 9.17) is 0 Å². The van der Waals surface area contributed by atoms with Crippen LogP contribution in [0, 0.1) is 5.82 Å². The average molecular weight is 225 g/mol. The normalized spacial score (nSPS) is 11.7. The molecule has 0 saturated carbocycles. The number of carbonyl (C=O) groups is 2. The van der Waals surface area contributed by atoms with E-state index in [9.17, 15) is 14.0 Å². The van der Waals surface area contributed by atoms with Gasteiger partial charge in [-0.3, -0.25) is 9.59 Å². The van der Waals surface area contributed by atoms with Crippen molar-refractivity contribution in [2.24, 2.45) is 0 Å². The van der Waals surface area contributed by atoms with Crippen molar-refractivity contribution in [1.29, 1.82) is 0 Å². The van der Waals surface area contributed by atoms with Crippen molar-refractivity contribution < 1.29 is 18.7 Å². The second-order valence-electron chi connectivity index (χ2n) is 3.25. The van der Waals surface area contributed by atoms with Gasteiger partial charge in [-0.05, 0) is 25.1 Å². The van der Waals surface area contributed by atoms with Crippen LogP contribution in [0.1, 0.15) is 13.8 Å². The number of amides is 1. The number of anilines is 1. The zero-order valence-electron chi connectivity index (χ0n) is 8.99. The molecule has 0 spiro atoms. The van der Waals surface area contributed by atoms with Gasteiger partial charge in [0.05, 0.1) is 0 Å². The van der Waals surface area contributed by atoms with Gasteiger partial charge < -0.3 is 10.1 Å². The molecular formula is C11H12FNO3. The standard InChI is InChI=1S/C11H12FNO3/c1-7(16-8(2)14)11(15)13-10-5-3-4-9(12)6-10/h3-7H,1-2H3,(H,13,15)/t7-/m1/s1. The molecule has 0 heterocycles. The Balaban J connectivity index is 2.60. The van der Waals surface area contributed by atoms with Crippen LogP contribution in [0.15, 0.2) is 24.3 Å². The molecule has 16 heavy (non-hydrogen) atoms. The van der Waals surface area contributed by atoms with Crippen LogP contribution in [0.3, 0.4) is 0 Å². The van der Waals surface area contributed by atoms with E-state index < -0.39 is 23.8 Å². The van der Waals surface area contributed by atoms with Crippen molar-refractivity contribution in [2.45, 2.75) is 20.0 Å². The number of nitrogens with one attached hydrogen (secondary N) is 1. The lowest BCUT2D eigenvalue weighted by Crippen LogP contribution is -2.29. The number of hydrogen-bond donors (Lipinski definition) is 1. The lowest BCUT2D eigenvalue weighted by molar-refractivity contribution is -0.150. The summed E-state index contributed by atoms with van der Waals surface area (Å²) < 4.78 is 17.5. The Morgan fingerprint density at radius 1 is 1.44 bits per heavy atom. The first-order valence-corrected chi connectivity index (χ1v) is 4.72. The number of ether oxygens (including phenoxy) is 1. The van der Waals surface area contributed by atoms with Gasteiger partial charge in [-0.15, -0.1) is 0 Å². The lowest BCUT2D eigenvalue weighted by Gasteiger charge is -2.11. The third kappa shape index (κ3) is 3.68. The topological polar surface area (TPSA) is 55.4 Å². The summed E-state index contributed by atoms with van der Waals surface area (Å²) in [7, 11) is 0. The maximum absolute atomic E-state index is 12.8. The van der Waals surface area contributed by atoms with E-state index in [0.717, 1.165) is 0 Å². The fourth-order valence-corrected chi connectivity index (χ4v) is 1.11. The maximum Gasteiger partial charge on any atom is 0.303 e. The SMILES string of the molecule is CC(=O)O[C@H](C)C(=O)Nc1cccc(F)c1. The predicted molar refractivity (Wildman–Crippen MR) is 56.3 cm³/mol. The van der Waals surface area contributed by atoms with E-state index in [1.165, 1.54) is 32.0 Å². The van der Waals surface area contributed by atoms with E-state index >= 15 is 0 Å². The number of esters is 1. The first-order chi connectivity index (χ1) is 7.49. The van der Waals surface area contributed by atoms with Gasteiger partial charge in [0.25, 0.3) is 5.91 Å². The molecule has 0 aliphatic heterocycles. The highest BCUT2D eigenvalue weighted by Gasteiger charge is 2.15. The third-order valence-corrected chi connectivity index (χ3v) is 1.80. The van der Waals surface area contributed by atoms with Gasteiger partial charge in [0, 0.05) is 12.6 Å². The molecule has 1 aromatic rings. The summed E-state index contributed by atoms with van der Waals surface area (Å²) in [6, 6.07) is 5.46. The van der Waals surface area contributed by atoms with Gasteiger partial charge in [-0.1, -0.05) is 6.07 Å². The molecule has 86 valence electrons. The number of halogens is 1. The molecule has 5 heteroatoms. The van der Waals surface area contributed by atoms with Crippen molar-refractivity contribution in [3.63, 3.8) is 0 Å². The molecule has 0 bridgehead atoms. The first-order valence-electron chi connectivity index (χ1n) is 4.72. The second-order valence-corrected chi connectivity index (χ2v) is 3.25. The molecule has 1 atom stereocenters. The minimum absolute atomic E-state index is 0.323. The number of hydrogen-bond acceptors (Lipinski definition) is 3. The Bertz CT molecular complexity index is 406. The van der Waals surface area contributed by atoms with Crippen LogP contribution in [0.4, 0.5) is 10.1 Å². The smallest absolute Gasteiger partial charge is 0.303 e. The Hall–Kier alpha value is -1.91. The van der Waals surface area contributed by atoms with E-state index in [-0.39, 0.29) is 0 Å². The summed E-state index contributed by atoms with van der Waals surface area (Å²) in [4.78, 5) is 22.1. The highest BCUT2D eigenvalue weighted by Crippen LogP contribution is 2.09. The fraction of sp³-hybridized carbons (Fsp3) is 0.273. The molecule has 1 rings (SSSR count). The molecule has 0 fully saturated rings. The van der Waals surface area contributed by atoms with Crippen LogP contribution in [-0.4, -0.2) is 18.0 Å². The molecule has 1 amide bonds. The van der Waals surface area contributed by atoms with E-state index in [1.807, 2.05) is 0 Å². The van der Waals surface area contributed by atoms with Crippen LogP contribution >= 0.6 is 0 Å². The minimum Gasteiger partial charge on any atom is -0.453 e. The summed E-state index contributed by atoms with van der Waals surface area (Å²) >= 11 is 0. The van der Waals surface area contributed by atoms with Crippen molar-refractivity contribution in [1.82, 2.24) is 0 Å². The van der Waals surface area contributed by atoms with E-state index in [1.54, 1.807) is 6.07 Å². The monoisotopic (exact) mass is 225 g/mol. The Morgan fingerprint density at radius 3 is 2.69 bits per heavy atom. The quantitative estimate of drug-likeness (QED) is 0.797. The van der Waals surface area contributed by atoms with E-state index in [0.29, 0.717) is 5.69 Å². The molecule has 0 unspecified atom stereocenters. The molecule has 4 nitrogen and oxygen atoms in total. The van der Waals surface area contributed by atoms with Crippen molar-refractivity contribution in [3.05, 3.63) is 30.1 Å². The highest BCUT2D eigenvalue weighted by atomic mass is 19.1. The number of benzene rings is 1. The third-order valence-electron chi connectivity index (χ3n) is 1.80. The Kier molecular flexibility index (Phi) is 3.99. The highest BCUT2D eigenvalue weighted by molar-refractivity contribution is 5.94. The molecule has 1 aromatic carbocycles. The molecule has 1 N–H and O–H groups in total. The molecule has 0 aliphatic carbocycles. The molecule has 0 saturated heterocycles. The minimum atomic E-state index is -0.902. The Morgan fingerprint density at radius 2 is 2.12 bits per heavy atom. The largest absolute Gasteiger partial charge is 0.453 e. The first kappa shape index (κ1) is 12.2. The number of rotatable bonds is 3. The van der Waals surface area contributed by atoms with Crippen molar-refractivity contribution in [2.75, 3.05) is 5.32 Å². The van der Waals surface area contributed by atoms with Crippen molar-refractivity contribution in [3.8, 4) is 0 Å². The maximum atomic E-state index is 12.8. The van der Waals surface area contributed by atoms with Crippen molar-refractivity contribution >= 4 is 17.6 Å². The summed E-state index contributed by atoms with van der Waals surface area (Å²) in [5, 5.41) is 2.43. The van der Waals surface area contributed by atoms with Crippen LogP contribution in [0.2, 0.25) is 0 Å². The number of carbonyl (C=O) groups excluding carboxylic acids is 2. The second kappa shape index (κ2) is 5.25. The van der Waals surface area contributed by atoms with Gasteiger partial charge in [-0.2, -0.15) is 0 Å². The van der Waals surface area contributed by atoms with E-state index in [2.05, 4.69) is 10.1 Å². The van der Waals surface area contributed by atoms with Crippen LogP contribution in [0.5, 0.6) is 0 Å². The van der Waals surface area contributed by atoms with Gasteiger partial charge >= 0.3 is 5.97 Å². The molecule has 0 aliphatic rings. The lowest BCUT2D eigenvalue weighted by atomic mass is 10.3. The predicted octanol–water partition coefficient (Wildman–Crippen LogP) is 1.72. The van der Waals surface area contributed by atoms with Crippen LogP contribution < -0.4 is 5.32 Å². The zero-order valence-corrected chi connectivity index (χ0v) is 8.99. The van der Waals surface area contributed by atoms with Gasteiger partial charge in [0.2, 0.25) is 0 Å². The molecule has 0 radical (unpaired) electrons. The summed E-state index contributed by atoms with van der Waals surface area (Å²) in [6.45, 7) is 2.65. The van der Waals surface area contributed by atoms with Crippen LogP contribution in [-0.2, 0) is 14.3 Å². The average Bonchev–Trinajstić information content (AvgIpc) is 2.16. The molecule has 0 aromatic heterocycles. The molecular weight excluding hydrogens is 213 g/mol. The van der Waals surface area contributed by atoms with Gasteiger partial charge in [0.15, 0.2) is 6.10 Å². The van der Waals surface area contributed by atoms with Gasteiger partial charge in [0.1, 0.15) is 5.82 Å². The summed E-state index contributed by atoms with van der Waals surface area (Å²) in [5.74, 6) is -1.49.